The van der Waals surface area contributed by atoms with Gasteiger partial charge < -0.3 is 4.90 Å². The number of nitrogens with zero attached hydrogens (tertiary/aromatic N) is 5. The second kappa shape index (κ2) is 5.52. The molecule has 6 nitrogen and oxygen atoms in total. The molecule has 1 fully saturated rings. The number of para-hydroxylation sites is 1. The Labute approximate surface area is 142 Å². The third kappa shape index (κ3) is 2.24. The summed E-state index contributed by atoms with van der Waals surface area (Å²) in [5.74, 6) is 1.42. The first-order chi connectivity index (χ1) is 11.9. The molecule has 0 spiro atoms. The van der Waals surface area contributed by atoms with Gasteiger partial charge in [0.1, 0.15) is 12.1 Å². The summed E-state index contributed by atoms with van der Waals surface area (Å²) in [5, 5.41) is 9.24. The number of rotatable bonds is 2. The molecule has 1 aromatic carbocycles. The monoisotopic (exact) mass is 336 g/mol. The van der Waals surface area contributed by atoms with Gasteiger partial charge >= 0.3 is 0 Å². The van der Waals surface area contributed by atoms with Gasteiger partial charge in [-0.3, -0.25) is 5.10 Å². The molecule has 1 atom stereocenters. The van der Waals surface area contributed by atoms with E-state index >= 15 is 0 Å². The molecule has 0 amide bonds. The van der Waals surface area contributed by atoms with Gasteiger partial charge in [0, 0.05) is 19.0 Å². The number of fused-ring (bicyclic) bond motifs is 2. The number of H-pyrrole nitrogens is 1. The molecule has 4 heterocycles. The average molecular weight is 336 g/mol. The fraction of sp³-hybridized carbons (Fsp3) is 0.294. The van der Waals surface area contributed by atoms with Crippen LogP contribution in [-0.4, -0.2) is 38.2 Å². The van der Waals surface area contributed by atoms with E-state index in [4.69, 9.17) is 4.98 Å². The molecule has 1 N–H and O–H groups in total. The minimum Gasteiger partial charge on any atom is -0.355 e. The number of aromatic nitrogens is 5. The Morgan fingerprint density at radius 1 is 1.21 bits per heavy atom. The highest BCUT2D eigenvalue weighted by atomic mass is 32.1. The predicted octanol–water partition coefficient (Wildman–Crippen LogP) is 3.35. The Morgan fingerprint density at radius 3 is 3.12 bits per heavy atom. The van der Waals surface area contributed by atoms with Crippen molar-refractivity contribution in [3.05, 3.63) is 41.8 Å². The summed E-state index contributed by atoms with van der Waals surface area (Å²) in [6.45, 7) is 1.95. The van der Waals surface area contributed by atoms with Crippen molar-refractivity contribution in [2.24, 2.45) is 0 Å². The molecule has 0 saturated carbocycles. The van der Waals surface area contributed by atoms with Gasteiger partial charge in [-0.2, -0.15) is 5.10 Å². The largest absolute Gasteiger partial charge is 0.355 e. The number of nitrogens with one attached hydrogen (secondary N) is 1. The molecule has 1 aliphatic heterocycles. The smallest absolute Gasteiger partial charge is 0.160 e. The second-order valence-electron chi connectivity index (χ2n) is 6.13. The van der Waals surface area contributed by atoms with Crippen LogP contribution in [0.4, 0.5) is 5.82 Å². The van der Waals surface area contributed by atoms with E-state index in [2.05, 4.69) is 49.3 Å². The summed E-state index contributed by atoms with van der Waals surface area (Å²) < 4.78 is 1.27. The maximum Gasteiger partial charge on any atom is 0.160 e. The first-order valence-electron chi connectivity index (χ1n) is 8.13. The third-order valence-corrected chi connectivity index (χ3v) is 5.81. The summed E-state index contributed by atoms with van der Waals surface area (Å²) >= 11 is 1.82. The normalized spacial score (nSPS) is 18.5. The van der Waals surface area contributed by atoms with Crippen molar-refractivity contribution in [3.63, 3.8) is 0 Å². The zero-order valence-corrected chi connectivity index (χ0v) is 13.8. The Bertz CT molecular complexity index is 973. The van der Waals surface area contributed by atoms with E-state index in [1.807, 2.05) is 17.5 Å². The van der Waals surface area contributed by atoms with E-state index in [0.29, 0.717) is 5.92 Å². The van der Waals surface area contributed by atoms with E-state index in [9.17, 15) is 0 Å². The van der Waals surface area contributed by atoms with Crippen LogP contribution in [0.15, 0.2) is 36.8 Å². The van der Waals surface area contributed by atoms with E-state index in [-0.39, 0.29) is 0 Å². The van der Waals surface area contributed by atoms with E-state index in [0.717, 1.165) is 41.9 Å². The molecular formula is C17H16N6S. The minimum atomic E-state index is 0.452. The summed E-state index contributed by atoms with van der Waals surface area (Å²) in [4.78, 5) is 16.0. The minimum absolute atomic E-state index is 0.452. The molecule has 0 unspecified atom stereocenters. The zero-order valence-electron chi connectivity index (χ0n) is 13.0. The summed E-state index contributed by atoms with van der Waals surface area (Å²) in [6, 6.07) is 8.37. The molecule has 0 radical (unpaired) electrons. The molecule has 120 valence electrons. The Hall–Kier alpha value is -2.54. The van der Waals surface area contributed by atoms with Gasteiger partial charge in [-0.1, -0.05) is 12.1 Å². The molecule has 0 aliphatic carbocycles. The van der Waals surface area contributed by atoms with Crippen LogP contribution in [0.3, 0.4) is 0 Å². The maximum absolute atomic E-state index is 4.86. The number of piperidine rings is 1. The summed E-state index contributed by atoms with van der Waals surface area (Å²) in [7, 11) is 0. The first kappa shape index (κ1) is 13.9. The number of thiazole rings is 1. The SMILES string of the molecule is c1ccc2sc([C@H]3CCCN(c4ncnc5[nH]ncc45)C3)nc2c1. The van der Waals surface area contributed by atoms with Gasteiger partial charge in [0.15, 0.2) is 5.65 Å². The van der Waals surface area contributed by atoms with Crippen molar-refractivity contribution >= 4 is 38.4 Å². The molecular weight excluding hydrogens is 320 g/mol. The summed E-state index contributed by atoms with van der Waals surface area (Å²) in [6.07, 6.45) is 5.74. The van der Waals surface area contributed by atoms with Crippen LogP contribution in [0, 0.1) is 0 Å². The highest BCUT2D eigenvalue weighted by Crippen LogP contribution is 2.35. The Balaban J connectivity index is 1.48. The molecule has 0 bridgehead atoms. The maximum atomic E-state index is 4.86. The molecule has 4 aromatic rings. The lowest BCUT2D eigenvalue weighted by Gasteiger charge is -2.32. The number of benzene rings is 1. The van der Waals surface area contributed by atoms with Crippen molar-refractivity contribution in [3.8, 4) is 0 Å². The van der Waals surface area contributed by atoms with Gasteiger partial charge in [-0.05, 0) is 25.0 Å². The lowest BCUT2D eigenvalue weighted by Crippen LogP contribution is -2.35. The van der Waals surface area contributed by atoms with Gasteiger partial charge in [-0.25, -0.2) is 15.0 Å². The van der Waals surface area contributed by atoms with Crippen LogP contribution in [0.2, 0.25) is 0 Å². The number of aromatic amines is 1. The van der Waals surface area contributed by atoms with E-state index in [1.165, 1.54) is 16.1 Å². The molecule has 5 rings (SSSR count). The Kier molecular flexibility index (Phi) is 3.19. The van der Waals surface area contributed by atoms with Crippen molar-refractivity contribution in [1.29, 1.82) is 0 Å². The number of hydrogen-bond donors (Lipinski definition) is 1. The topological polar surface area (TPSA) is 70.6 Å². The molecule has 24 heavy (non-hydrogen) atoms. The second-order valence-corrected chi connectivity index (χ2v) is 7.20. The fourth-order valence-electron chi connectivity index (χ4n) is 3.44. The van der Waals surface area contributed by atoms with Crippen LogP contribution in [0.5, 0.6) is 0 Å². The van der Waals surface area contributed by atoms with Gasteiger partial charge in [0.05, 0.1) is 26.8 Å². The highest BCUT2D eigenvalue weighted by Gasteiger charge is 2.26. The van der Waals surface area contributed by atoms with Gasteiger partial charge in [0.2, 0.25) is 0 Å². The molecule has 1 saturated heterocycles. The molecule has 1 aliphatic rings. The lowest BCUT2D eigenvalue weighted by molar-refractivity contribution is 0.507. The van der Waals surface area contributed by atoms with Crippen LogP contribution >= 0.6 is 11.3 Å². The van der Waals surface area contributed by atoms with Crippen molar-refractivity contribution in [2.45, 2.75) is 18.8 Å². The fourth-order valence-corrected chi connectivity index (χ4v) is 4.53. The van der Waals surface area contributed by atoms with Crippen LogP contribution in [0.1, 0.15) is 23.8 Å². The van der Waals surface area contributed by atoms with Crippen LogP contribution in [0.25, 0.3) is 21.3 Å². The standard InChI is InChI=1S/C17H16N6S/c1-2-6-14-13(5-1)21-17(24-14)11-4-3-7-23(9-11)16-12-8-20-22-15(12)18-10-19-16/h1-2,5-6,8,10-11H,3-4,7,9H2,(H,18,19,20,22)/t11-/m0/s1. The van der Waals surface area contributed by atoms with E-state index < -0.39 is 0 Å². The van der Waals surface area contributed by atoms with Crippen LogP contribution in [-0.2, 0) is 0 Å². The third-order valence-electron chi connectivity index (χ3n) is 4.61. The van der Waals surface area contributed by atoms with Crippen molar-refractivity contribution < 1.29 is 0 Å². The van der Waals surface area contributed by atoms with Gasteiger partial charge in [0.25, 0.3) is 0 Å². The number of anilines is 1. The Morgan fingerprint density at radius 2 is 2.17 bits per heavy atom. The van der Waals surface area contributed by atoms with Crippen molar-refractivity contribution in [2.75, 3.05) is 18.0 Å². The summed E-state index contributed by atoms with van der Waals surface area (Å²) in [5.41, 5.74) is 1.90. The van der Waals surface area contributed by atoms with Gasteiger partial charge in [-0.15, -0.1) is 11.3 Å². The quantitative estimate of drug-likeness (QED) is 0.608. The lowest BCUT2D eigenvalue weighted by atomic mass is 9.98. The molecule has 7 heteroatoms. The van der Waals surface area contributed by atoms with E-state index in [1.54, 1.807) is 6.33 Å². The molecule has 3 aromatic heterocycles. The van der Waals surface area contributed by atoms with Crippen LogP contribution < -0.4 is 4.90 Å². The first-order valence-corrected chi connectivity index (χ1v) is 8.94. The predicted molar refractivity (Wildman–Crippen MR) is 95.5 cm³/mol. The number of hydrogen-bond acceptors (Lipinski definition) is 6. The highest BCUT2D eigenvalue weighted by molar-refractivity contribution is 7.18. The zero-order chi connectivity index (χ0) is 15.9. The van der Waals surface area contributed by atoms with Crippen molar-refractivity contribution in [1.82, 2.24) is 25.1 Å². The average Bonchev–Trinajstić information content (AvgIpc) is 3.28.